The maximum atomic E-state index is 12.8. The molecule has 6 heteroatoms. The molecule has 0 saturated heterocycles. The van der Waals surface area contributed by atoms with E-state index in [2.05, 4.69) is 63.7 Å². The number of aryl methyl sites for hydroxylation is 2. The second-order valence-corrected chi connectivity index (χ2v) is 9.44. The minimum atomic E-state index is -0.127. The number of nitrogens with one attached hydrogen (secondary N) is 2. The van der Waals surface area contributed by atoms with E-state index in [-0.39, 0.29) is 6.03 Å². The van der Waals surface area contributed by atoms with Gasteiger partial charge in [0.2, 0.25) is 0 Å². The number of urea groups is 1. The summed E-state index contributed by atoms with van der Waals surface area (Å²) in [5.74, 6) is 0. The standard InChI is InChI=1S/C24H32N4OS/c1-27(2)14-15-28(17-18-8-4-3-5-9-18)30-26-24(29)25-23-21-12-6-10-19(21)16-20-11-7-13-22(20)23/h3-5,8-9,16H,6-7,10-15,17H2,1-2H3,(H2,25,26,29). The number of benzene rings is 2. The van der Waals surface area contributed by atoms with Crippen LogP contribution in [0.25, 0.3) is 0 Å². The fourth-order valence-corrected chi connectivity index (χ4v) is 5.12. The Bertz CT molecular complexity index is 852. The van der Waals surface area contributed by atoms with Gasteiger partial charge in [-0.05, 0) is 80.4 Å². The lowest BCUT2D eigenvalue weighted by Crippen LogP contribution is -2.32. The van der Waals surface area contributed by atoms with Crippen molar-refractivity contribution in [2.45, 2.75) is 45.1 Å². The van der Waals surface area contributed by atoms with Gasteiger partial charge in [0.15, 0.2) is 0 Å². The highest BCUT2D eigenvalue weighted by Crippen LogP contribution is 2.38. The van der Waals surface area contributed by atoms with Crippen molar-refractivity contribution < 1.29 is 4.79 Å². The third kappa shape index (κ3) is 5.17. The summed E-state index contributed by atoms with van der Waals surface area (Å²) in [6, 6.07) is 12.7. The van der Waals surface area contributed by atoms with Gasteiger partial charge in [0, 0.05) is 37.5 Å². The summed E-state index contributed by atoms with van der Waals surface area (Å²) in [5, 5.41) is 3.22. The largest absolute Gasteiger partial charge is 0.330 e. The Morgan fingerprint density at radius 2 is 1.63 bits per heavy atom. The minimum absolute atomic E-state index is 0.127. The van der Waals surface area contributed by atoms with Crippen LogP contribution in [0.1, 0.15) is 40.7 Å². The molecule has 2 aliphatic carbocycles. The van der Waals surface area contributed by atoms with Crippen LogP contribution in [0.5, 0.6) is 0 Å². The van der Waals surface area contributed by atoms with Crippen molar-refractivity contribution in [2.75, 3.05) is 32.5 Å². The van der Waals surface area contributed by atoms with Crippen LogP contribution < -0.4 is 10.0 Å². The van der Waals surface area contributed by atoms with Crippen molar-refractivity contribution in [3.05, 3.63) is 64.2 Å². The maximum Gasteiger partial charge on any atom is 0.330 e. The molecular weight excluding hydrogens is 392 g/mol. The van der Waals surface area contributed by atoms with Crippen molar-refractivity contribution in [3.8, 4) is 0 Å². The Hall–Kier alpha value is -2.02. The average molecular weight is 425 g/mol. The van der Waals surface area contributed by atoms with E-state index in [1.807, 2.05) is 6.07 Å². The number of hydrogen-bond acceptors (Lipinski definition) is 4. The first kappa shape index (κ1) is 21.2. The van der Waals surface area contributed by atoms with E-state index in [0.29, 0.717) is 0 Å². The molecule has 30 heavy (non-hydrogen) atoms. The third-order valence-electron chi connectivity index (χ3n) is 5.98. The second kappa shape index (κ2) is 9.86. The maximum absolute atomic E-state index is 12.8. The summed E-state index contributed by atoms with van der Waals surface area (Å²) < 4.78 is 5.23. The Morgan fingerprint density at radius 1 is 0.967 bits per heavy atom. The zero-order valence-electron chi connectivity index (χ0n) is 18.0. The average Bonchev–Trinajstić information content (AvgIpc) is 3.40. The third-order valence-corrected chi connectivity index (χ3v) is 6.82. The van der Waals surface area contributed by atoms with Gasteiger partial charge in [-0.3, -0.25) is 4.72 Å². The minimum Gasteiger partial charge on any atom is -0.308 e. The van der Waals surface area contributed by atoms with Gasteiger partial charge in [0.05, 0.1) is 0 Å². The molecule has 0 unspecified atom stereocenters. The summed E-state index contributed by atoms with van der Waals surface area (Å²) in [7, 11) is 4.14. The van der Waals surface area contributed by atoms with Crippen LogP contribution in [0.2, 0.25) is 0 Å². The van der Waals surface area contributed by atoms with Crippen molar-refractivity contribution in [2.24, 2.45) is 0 Å². The molecule has 0 heterocycles. The second-order valence-electron chi connectivity index (χ2n) is 8.53. The molecular formula is C24H32N4OS. The van der Waals surface area contributed by atoms with Crippen LogP contribution in [-0.2, 0) is 32.2 Å². The zero-order valence-corrected chi connectivity index (χ0v) is 18.9. The van der Waals surface area contributed by atoms with E-state index in [1.54, 1.807) is 0 Å². The quantitative estimate of drug-likeness (QED) is 0.616. The van der Waals surface area contributed by atoms with E-state index in [1.165, 1.54) is 52.8 Å². The van der Waals surface area contributed by atoms with Gasteiger partial charge in [-0.2, -0.15) is 0 Å². The molecule has 5 nitrogen and oxygen atoms in total. The van der Waals surface area contributed by atoms with Gasteiger partial charge in [-0.25, -0.2) is 9.10 Å². The number of fused-ring (bicyclic) bond motifs is 2. The van der Waals surface area contributed by atoms with Crippen molar-refractivity contribution >= 4 is 23.9 Å². The van der Waals surface area contributed by atoms with Gasteiger partial charge in [-0.1, -0.05) is 36.4 Å². The van der Waals surface area contributed by atoms with E-state index in [0.717, 1.165) is 51.0 Å². The van der Waals surface area contributed by atoms with E-state index in [4.69, 9.17) is 0 Å². The van der Waals surface area contributed by atoms with Crippen molar-refractivity contribution in [1.82, 2.24) is 13.9 Å². The van der Waals surface area contributed by atoms with Gasteiger partial charge >= 0.3 is 6.03 Å². The molecule has 0 radical (unpaired) electrons. The molecule has 2 N–H and O–H groups in total. The van der Waals surface area contributed by atoms with Crippen molar-refractivity contribution in [1.29, 1.82) is 0 Å². The Balaban J connectivity index is 1.40. The van der Waals surface area contributed by atoms with Gasteiger partial charge < -0.3 is 10.2 Å². The normalized spacial score (nSPS) is 14.8. The summed E-state index contributed by atoms with van der Waals surface area (Å²) in [6.07, 6.45) is 6.83. The Kier molecular flexibility index (Phi) is 6.97. The predicted octanol–water partition coefficient (Wildman–Crippen LogP) is 4.41. The molecule has 2 amide bonds. The number of anilines is 1. The topological polar surface area (TPSA) is 47.6 Å². The highest BCUT2D eigenvalue weighted by Gasteiger charge is 2.25. The predicted molar refractivity (Wildman–Crippen MR) is 126 cm³/mol. The number of likely N-dealkylation sites (N-methyl/N-ethyl adjacent to an activating group) is 1. The summed E-state index contributed by atoms with van der Waals surface area (Å²) in [5.41, 5.74) is 7.95. The fraction of sp³-hybridized carbons (Fsp3) is 0.458. The number of amides is 2. The first-order valence-electron chi connectivity index (χ1n) is 10.9. The molecule has 160 valence electrons. The lowest BCUT2D eigenvalue weighted by Gasteiger charge is -2.23. The highest BCUT2D eigenvalue weighted by atomic mass is 32.2. The molecule has 2 aromatic carbocycles. The molecule has 0 saturated carbocycles. The first-order chi connectivity index (χ1) is 14.6. The summed E-state index contributed by atoms with van der Waals surface area (Å²) in [6.45, 7) is 2.58. The van der Waals surface area contributed by atoms with Crippen LogP contribution in [0.4, 0.5) is 10.5 Å². The lowest BCUT2D eigenvalue weighted by atomic mass is 9.99. The SMILES string of the molecule is CN(C)CCN(Cc1ccccc1)SNC(=O)Nc1c2c(cc3c1CCC3)CCC2. The smallest absolute Gasteiger partial charge is 0.308 e. The van der Waals surface area contributed by atoms with E-state index >= 15 is 0 Å². The first-order valence-corrected chi connectivity index (χ1v) is 11.7. The molecule has 4 rings (SSSR count). The lowest BCUT2D eigenvalue weighted by molar-refractivity contribution is 0.256. The number of carbonyl (C=O) groups is 1. The van der Waals surface area contributed by atoms with Crippen LogP contribution in [0.15, 0.2) is 36.4 Å². The molecule has 0 atom stereocenters. The van der Waals surface area contributed by atoms with Crippen LogP contribution in [0, 0.1) is 0 Å². The van der Waals surface area contributed by atoms with Gasteiger partial charge in [-0.15, -0.1) is 0 Å². The molecule has 0 spiro atoms. The van der Waals surface area contributed by atoms with Crippen LogP contribution in [-0.4, -0.2) is 42.4 Å². The molecule has 0 bridgehead atoms. The van der Waals surface area contributed by atoms with E-state index in [9.17, 15) is 4.79 Å². The molecule has 2 aromatic rings. The monoisotopic (exact) mass is 424 g/mol. The Labute approximate surface area is 184 Å². The van der Waals surface area contributed by atoms with Crippen LogP contribution >= 0.6 is 12.1 Å². The van der Waals surface area contributed by atoms with E-state index < -0.39 is 0 Å². The molecule has 0 fully saturated rings. The molecule has 0 aliphatic heterocycles. The molecule has 0 aromatic heterocycles. The number of hydrogen-bond donors (Lipinski definition) is 2. The highest BCUT2D eigenvalue weighted by molar-refractivity contribution is 7.95. The fourth-order valence-electron chi connectivity index (χ4n) is 4.47. The number of nitrogens with zero attached hydrogens (tertiary/aromatic N) is 2. The molecule has 2 aliphatic rings. The Morgan fingerprint density at radius 3 is 2.27 bits per heavy atom. The summed E-state index contributed by atoms with van der Waals surface area (Å²) in [4.78, 5) is 15.0. The van der Waals surface area contributed by atoms with Crippen LogP contribution in [0.3, 0.4) is 0 Å². The number of carbonyl (C=O) groups excluding carboxylic acids is 1. The van der Waals surface area contributed by atoms with Gasteiger partial charge in [0.1, 0.15) is 0 Å². The van der Waals surface area contributed by atoms with Crippen molar-refractivity contribution in [3.63, 3.8) is 0 Å². The zero-order chi connectivity index (χ0) is 20.9. The van der Waals surface area contributed by atoms with Gasteiger partial charge in [0.25, 0.3) is 0 Å². The number of rotatable bonds is 8. The summed E-state index contributed by atoms with van der Waals surface area (Å²) >= 11 is 1.40.